The average Bonchev–Trinajstić information content (AvgIpc) is 2.41. The van der Waals surface area contributed by atoms with E-state index in [0.29, 0.717) is 23.9 Å². The van der Waals surface area contributed by atoms with Crippen LogP contribution in [0, 0.1) is 11.8 Å². The summed E-state index contributed by atoms with van der Waals surface area (Å²) in [6.45, 7) is 0.737. The topological polar surface area (TPSA) is 64.3 Å². The Morgan fingerprint density at radius 2 is 1.79 bits per heavy atom. The molecule has 4 heteroatoms. The van der Waals surface area contributed by atoms with E-state index in [1.54, 1.807) is 0 Å². The van der Waals surface area contributed by atoms with Gasteiger partial charge >= 0.3 is 0 Å². The predicted molar refractivity (Wildman–Crippen MR) is 73.6 cm³/mol. The molecule has 4 nitrogen and oxygen atoms in total. The zero-order chi connectivity index (χ0) is 13.2. The van der Waals surface area contributed by atoms with Crippen LogP contribution in [0.4, 0.5) is 0 Å². The number of rotatable bonds is 2. The number of hydrogen-bond donors (Lipinski definition) is 2. The molecule has 0 radical (unpaired) electrons. The number of nitrogens with two attached hydrogens (primary N) is 1. The molecule has 1 heterocycles. The van der Waals surface area contributed by atoms with Crippen LogP contribution in [0.3, 0.4) is 0 Å². The quantitative estimate of drug-likeness (QED) is 0.797. The molecule has 2 aliphatic carbocycles. The maximum absolute atomic E-state index is 12.3. The Hall–Kier alpha value is -0.610. The third-order valence-electron chi connectivity index (χ3n) is 5.16. The Balaban J connectivity index is 1.60. The van der Waals surface area contributed by atoms with Crippen molar-refractivity contribution in [2.24, 2.45) is 17.6 Å². The van der Waals surface area contributed by atoms with E-state index >= 15 is 0 Å². The minimum Gasteiger partial charge on any atom is -0.368 e. The molecule has 3 rings (SSSR count). The fourth-order valence-electron chi connectivity index (χ4n) is 4.23. The van der Waals surface area contributed by atoms with Crippen LogP contribution in [-0.4, -0.2) is 30.7 Å². The molecule has 1 saturated heterocycles. The first-order chi connectivity index (χ1) is 9.24. The Morgan fingerprint density at radius 3 is 2.42 bits per heavy atom. The molecule has 0 aromatic rings. The third-order valence-corrected chi connectivity index (χ3v) is 5.16. The second-order valence-corrected chi connectivity index (χ2v) is 6.57. The zero-order valence-corrected chi connectivity index (χ0v) is 11.6. The van der Waals surface area contributed by atoms with Gasteiger partial charge in [0.05, 0.1) is 0 Å². The lowest BCUT2D eigenvalue weighted by Crippen LogP contribution is -2.55. The summed E-state index contributed by atoms with van der Waals surface area (Å²) < 4.78 is 5.59. The molecule has 3 atom stereocenters. The highest BCUT2D eigenvalue weighted by Crippen LogP contribution is 2.39. The van der Waals surface area contributed by atoms with Crippen molar-refractivity contribution in [1.82, 2.24) is 5.32 Å². The van der Waals surface area contributed by atoms with E-state index in [2.05, 4.69) is 5.32 Å². The molecule has 3 N–H and O–H groups in total. The van der Waals surface area contributed by atoms with Gasteiger partial charge in [-0.15, -0.1) is 0 Å². The molecular weight excluding hydrogens is 240 g/mol. The standard InChI is InChI=1S/C15H26N2O2/c16-12-8-10-4-3-5-11(9-12)14(10)17-15(18)13-6-1-2-7-19-13/h10-14H,1-9,16H2,(H,17,18). The van der Waals surface area contributed by atoms with Crippen molar-refractivity contribution in [2.75, 3.05) is 6.61 Å². The van der Waals surface area contributed by atoms with Gasteiger partial charge in [0.1, 0.15) is 6.10 Å². The summed E-state index contributed by atoms with van der Waals surface area (Å²) in [5.41, 5.74) is 6.12. The number of carbonyl (C=O) groups is 1. The number of ether oxygens (including phenoxy) is 1. The van der Waals surface area contributed by atoms with Gasteiger partial charge < -0.3 is 15.8 Å². The van der Waals surface area contributed by atoms with Gasteiger partial charge in [0.15, 0.2) is 0 Å². The van der Waals surface area contributed by atoms with Crippen molar-refractivity contribution in [1.29, 1.82) is 0 Å². The maximum atomic E-state index is 12.3. The third kappa shape index (κ3) is 2.95. The molecule has 1 amide bonds. The molecule has 3 fully saturated rings. The van der Waals surface area contributed by atoms with Crippen molar-refractivity contribution >= 4 is 5.91 Å². The van der Waals surface area contributed by atoms with E-state index in [1.807, 2.05) is 0 Å². The Kier molecular flexibility index (Phi) is 4.08. The maximum Gasteiger partial charge on any atom is 0.249 e. The summed E-state index contributed by atoms with van der Waals surface area (Å²) in [4.78, 5) is 12.3. The van der Waals surface area contributed by atoms with Gasteiger partial charge in [0.25, 0.3) is 0 Å². The number of fused-ring (bicyclic) bond motifs is 2. The van der Waals surface area contributed by atoms with E-state index in [-0.39, 0.29) is 12.0 Å². The molecule has 1 aliphatic heterocycles. The van der Waals surface area contributed by atoms with Crippen LogP contribution in [0.15, 0.2) is 0 Å². The number of carbonyl (C=O) groups excluding carboxylic acids is 1. The minimum atomic E-state index is -0.204. The lowest BCUT2D eigenvalue weighted by Gasteiger charge is -2.45. The molecule has 108 valence electrons. The molecule has 0 aromatic carbocycles. The van der Waals surface area contributed by atoms with Gasteiger partial charge in [-0.25, -0.2) is 0 Å². The summed E-state index contributed by atoms with van der Waals surface area (Å²) in [5, 5.41) is 3.29. The van der Waals surface area contributed by atoms with Crippen molar-refractivity contribution in [3.8, 4) is 0 Å². The van der Waals surface area contributed by atoms with Gasteiger partial charge in [0, 0.05) is 18.7 Å². The lowest BCUT2D eigenvalue weighted by molar-refractivity contribution is -0.137. The van der Waals surface area contributed by atoms with Crippen molar-refractivity contribution in [3.63, 3.8) is 0 Å². The van der Waals surface area contributed by atoms with E-state index < -0.39 is 0 Å². The van der Waals surface area contributed by atoms with Crippen molar-refractivity contribution < 1.29 is 9.53 Å². The van der Waals surface area contributed by atoms with Gasteiger partial charge in [-0.05, 0) is 56.8 Å². The van der Waals surface area contributed by atoms with Crippen LogP contribution in [0.25, 0.3) is 0 Å². The summed E-state index contributed by atoms with van der Waals surface area (Å²) >= 11 is 0. The summed E-state index contributed by atoms with van der Waals surface area (Å²) in [5.74, 6) is 1.31. The van der Waals surface area contributed by atoms with E-state index in [0.717, 1.165) is 38.7 Å². The molecule has 19 heavy (non-hydrogen) atoms. The van der Waals surface area contributed by atoms with Crippen molar-refractivity contribution in [2.45, 2.75) is 69.6 Å². The van der Waals surface area contributed by atoms with Gasteiger partial charge in [0.2, 0.25) is 5.91 Å². The smallest absolute Gasteiger partial charge is 0.249 e. The molecule has 0 spiro atoms. The zero-order valence-electron chi connectivity index (χ0n) is 11.6. The number of nitrogens with one attached hydrogen (secondary N) is 1. The van der Waals surface area contributed by atoms with E-state index in [4.69, 9.17) is 10.5 Å². The van der Waals surface area contributed by atoms with Crippen LogP contribution < -0.4 is 11.1 Å². The number of hydrogen-bond acceptors (Lipinski definition) is 3. The molecule has 2 saturated carbocycles. The molecule has 0 aromatic heterocycles. The van der Waals surface area contributed by atoms with E-state index in [1.165, 1.54) is 19.3 Å². The van der Waals surface area contributed by atoms with Gasteiger partial charge in [-0.2, -0.15) is 0 Å². The normalized spacial score (nSPS) is 42.7. The molecular formula is C15H26N2O2. The first-order valence-electron chi connectivity index (χ1n) is 7.91. The fourth-order valence-corrected chi connectivity index (χ4v) is 4.23. The summed E-state index contributed by atoms with van der Waals surface area (Å²) in [7, 11) is 0. The highest BCUT2D eigenvalue weighted by Gasteiger charge is 2.40. The van der Waals surface area contributed by atoms with Crippen LogP contribution in [0.1, 0.15) is 51.4 Å². The lowest BCUT2D eigenvalue weighted by atomic mass is 9.67. The molecule has 3 aliphatic rings. The Labute approximate surface area is 115 Å². The Bertz CT molecular complexity index is 314. The second-order valence-electron chi connectivity index (χ2n) is 6.57. The SMILES string of the molecule is NC1CC2CCCC(C1)C2NC(=O)C1CCCCO1. The first-order valence-corrected chi connectivity index (χ1v) is 7.91. The van der Waals surface area contributed by atoms with E-state index in [9.17, 15) is 4.79 Å². The van der Waals surface area contributed by atoms with Gasteiger partial charge in [-0.3, -0.25) is 4.79 Å². The highest BCUT2D eigenvalue weighted by atomic mass is 16.5. The average molecular weight is 266 g/mol. The Morgan fingerprint density at radius 1 is 1.05 bits per heavy atom. The largest absolute Gasteiger partial charge is 0.368 e. The molecule has 3 unspecified atom stereocenters. The van der Waals surface area contributed by atoms with Gasteiger partial charge in [-0.1, -0.05) is 6.42 Å². The summed E-state index contributed by atoms with van der Waals surface area (Å²) in [6, 6.07) is 0.695. The van der Waals surface area contributed by atoms with Crippen LogP contribution in [-0.2, 0) is 9.53 Å². The van der Waals surface area contributed by atoms with Crippen LogP contribution >= 0.6 is 0 Å². The first kappa shape index (κ1) is 13.4. The predicted octanol–water partition coefficient (Wildman–Crippen LogP) is 1.58. The van der Waals surface area contributed by atoms with Crippen LogP contribution in [0.2, 0.25) is 0 Å². The fraction of sp³-hybridized carbons (Fsp3) is 0.933. The monoisotopic (exact) mass is 266 g/mol. The minimum absolute atomic E-state index is 0.122. The van der Waals surface area contributed by atoms with Crippen LogP contribution in [0.5, 0.6) is 0 Å². The number of amides is 1. The second kappa shape index (κ2) is 5.80. The van der Waals surface area contributed by atoms with Crippen molar-refractivity contribution in [3.05, 3.63) is 0 Å². The summed E-state index contributed by atoms with van der Waals surface area (Å²) in [6.07, 6.45) is 8.78. The molecule has 2 bridgehead atoms. The highest BCUT2D eigenvalue weighted by molar-refractivity contribution is 5.81.